The van der Waals surface area contributed by atoms with Gasteiger partial charge >= 0.3 is 0 Å². The normalized spacial score (nSPS) is 10.4. The summed E-state index contributed by atoms with van der Waals surface area (Å²) >= 11 is 6.16. The fourth-order valence-electron chi connectivity index (χ4n) is 1.57. The van der Waals surface area contributed by atoms with Crippen molar-refractivity contribution >= 4 is 49.1 Å². The van der Waals surface area contributed by atoms with Crippen LogP contribution < -0.4 is 11.1 Å². The lowest BCUT2D eigenvalue weighted by Crippen LogP contribution is -2.16. The lowest BCUT2D eigenvalue weighted by Gasteiger charge is -2.09. The third-order valence-electron chi connectivity index (χ3n) is 2.49. The predicted octanol–water partition coefficient (Wildman–Crippen LogP) is 4.32. The summed E-state index contributed by atoms with van der Waals surface area (Å²) in [5.41, 5.74) is 5.77. The molecule has 2 aromatic carbocycles. The second-order valence-corrected chi connectivity index (χ2v) is 5.70. The summed E-state index contributed by atoms with van der Waals surface area (Å²) in [6.07, 6.45) is 0. The van der Waals surface area contributed by atoms with E-state index in [0.29, 0.717) is 15.8 Å². The minimum Gasteiger partial charge on any atom is -0.398 e. The van der Waals surface area contributed by atoms with E-state index in [9.17, 15) is 13.6 Å². The largest absolute Gasteiger partial charge is 0.398 e. The molecule has 104 valence electrons. The van der Waals surface area contributed by atoms with Gasteiger partial charge in [-0.2, -0.15) is 0 Å². The van der Waals surface area contributed by atoms with Crippen LogP contribution in [0.1, 0.15) is 10.4 Å². The van der Waals surface area contributed by atoms with Crippen LogP contribution in [0.5, 0.6) is 0 Å². The molecule has 3 N–H and O–H groups in total. The average Bonchev–Trinajstić information content (AvgIpc) is 2.32. The van der Waals surface area contributed by atoms with Crippen LogP contribution in [-0.2, 0) is 0 Å². The zero-order chi connectivity index (χ0) is 14.9. The molecule has 2 aromatic rings. The first-order chi connectivity index (χ1) is 9.38. The van der Waals surface area contributed by atoms with Crippen molar-refractivity contribution in [2.45, 2.75) is 0 Å². The van der Waals surface area contributed by atoms with Gasteiger partial charge in [0.15, 0.2) is 0 Å². The molecule has 0 heterocycles. The molecule has 0 aliphatic carbocycles. The molecular weight excluding hydrogens is 398 g/mol. The van der Waals surface area contributed by atoms with Gasteiger partial charge < -0.3 is 11.1 Å². The number of halogens is 4. The van der Waals surface area contributed by atoms with Crippen molar-refractivity contribution in [3.05, 3.63) is 56.5 Å². The first kappa shape index (κ1) is 14.9. The van der Waals surface area contributed by atoms with Gasteiger partial charge in [-0.1, -0.05) is 15.9 Å². The quantitative estimate of drug-likeness (QED) is 0.731. The van der Waals surface area contributed by atoms with Crippen molar-refractivity contribution in [1.29, 1.82) is 0 Å². The Morgan fingerprint density at radius 1 is 1.10 bits per heavy atom. The number of nitrogens with one attached hydrogen (secondary N) is 1. The summed E-state index contributed by atoms with van der Waals surface area (Å²) in [5, 5.41) is 2.39. The summed E-state index contributed by atoms with van der Waals surface area (Å²) in [6, 6.07) is 6.71. The maximum Gasteiger partial charge on any atom is 0.261 e. The highest BCUT2D eigenvalue weighted by atomic mass is 79.9. The summed E-state index contributed by atoms with van der Waals surface area (Å²) < 4.78 is 28.2. The molecule has 3 nitrogen and oxygen atoms in total. The number of benzene rings is 2. The Morgan fingerprint density at radius 2 is 1.70 bits per heavy atom. The molecule has 0 fully saturated rings. The fourth-order valence-corrected chi connectivity index (χ4v) is 2.22. The van der Waals surface area contributed by atoms with Crippen molar-refractivity contribution in [2.24, 2.45) is 0 Å². The Kier molecular flexibility index (Phi) is 4.39. The van der Waals surface area contributed by atoms with Crippen molar-refractivity contribution in [3.63, 3.8) is 0 Å². The summed E-state index contributed by atoms with van der Waals surface area (Å²) in [4.78, 5) is 11.9. The van der Waals surface area contributed by atoms with Gasteiger partial charge in [-0.25, -0.2) is 8.78 Å². The molecule has 0 aliphatic heterocycles. The van der Waals surface area contributed by atoms with Crippen molar-refractivity contribution in [1.82, 2.24) is 0 Å². The van der Waals surface area contributed by atoms with Gasteiger partial charge in [-0.3, -0.25) is 4.79 Å². The van der Waals surface area contributed by atoms with Crippen LogP contribution in [0, 0.1) is 11.6 Å². The Hall–Kier alpha value is -1.47. The van der Waals surface area contributed by atoms with Crippen molar-refractivity contribution < 1.29 is 13.6 Å². The van der Waals surface area contributed by atoms with E-state index in [2.05, 4.69) is 37.2 Å². The average molecular weight is 406 g/mol. The minimum absolute atomic E-state index is 0.219. The third-order valence-corrected chi connectivity index (χ3v) is 3.67. The van der Waals surface area contributed by atoms with Crippen LogP contribution in [0.15, 0.2) is 39.3 Å². The molecule has 0 saturated carbocycles. The number of rotatable bonds is 2. The highest BCUT2D eigenvalue weighted by molar-refractivity contribution is 9.10. The van der Waals surface area contributed by atoms with Gasteiger partial charge in [-0.15, -0.1) is 0 Å². The predicted molar refractivity (Wildman–Crippen MR) is 80.6 cm³/mol. The van der Waals surface area contributed by atoms with Gasteiger partial charge in [0.2, 0.25) is 0 Å². The molecule has 2 rings (SSSR count). The zero-order valence-electron chi connectivity index (χ0n) is 9.88. The molecule has 0 saturated heterocycles. The highest BCUT2D eigenvalue weighted by Crippen LogP contribution is 2.24. The molecule has 7 heteroatoms. The Balaban J connectivity index is 2.31. The molecule has 0 bridgehead atoms. The van der Waals surface area contributed by atoms with E-state index in [1.54, 1.807) is 12.1 Å². The maximum atomic E-state index is 13.6. The summed E-state index contributed by atoms with van der Waals surface area (Å²) in [5.74, 6) is -2.77. The molecule has 1 amide bonds. The van der Waals surface area contributed by atoms with E-state index < -0.39 is 23.1 Å². The monoisotopic (exact) mass is 404 g/mol. The minimum atomic E-state index is -0.945. The second kappa shape index (κ2) is 5.88. The Morgan fingerprint density at radius 3 is 2.25 bits per heavy atom. The molecular formula is C13H8Br2F2N2O. The van der Waals surface area contributed by atoms with Crippen LogP contribution >= 0.6 is 31.9 Å². The van der Waals surface area contributed by atoms with Crippen molar-refractivity contribution in [2.75, 3.05) is 11.1 Å². The fraction of sp³-hybridized carbons (Fsp3) is 0. The van der Waals surface area contributed by atoms with Crippen LogP contribution in [0.25, 0.3) is 0 Å². The van der Waals surface area contributed by atoms with E-state index in [4.69, 9.17) is 5.73 Å². The number of nitrogens with two attached hydrogens (primary N) is 1. The number of anilines is 2. The van der Waals surface area contributed by atoms with Crippen LogP contribution in [-0.4, -0.2) is 5.91 Å². The van der Waals surface area contributed by atoms with Crippen LogP contribution in [0.2, 0.25) is 0 Å². The molecule has 0 aliphatic rings. The molecule has 0 aromatic heterocycles. The molecule has 0 unspecified atom stereocenters. The molecule has 0 radical (unpaired) electrons. The number of hydrogen-bond donors (Lipinski definition) is 2. The third kappa shape index (κ3) is 3.16. The Labute approximate surface area is 130 Å². The molecule has 0 atom stereocenters. The standard InChI is InChI=1S/C13H8Br2F2N2O/c14-6-3-9(16)12(10(17)4-6)13(20)19-7-1-2-8(15)11(18)5-7/h1-5H,18H2,(H,19,20). The van der Waals surface area contributed by atoms with E-state index in [1.807, 2.05) is 0 Å². The van der Waals surface area contributed by atoms with Crippen LogP contribution in [0.4, 0.5) is 20.2 Å². The van der Waals surface area contributed by atoms with Crippen LogP contribution in [0.3, 0.4) is 0 Å². The lowest BCUT2D eigenvalue weighted by molar-refractivity contribution is 0.101. The maximum absolute atomic E-state index is 13.6. The van der Waals surface area contributed by atoms with Gasteiger partial charge in [-0.05, 0) is 46.3 Å². The summed E-state index contributed by atoms with van der Waals surface area (Å²) in [6.45, 7) is 0. The topological polar surface area (TPSA) is 55.1 Å². The Bertz CT molecular complexity index is 669. The van der Waals surface area contributed by atoms with Gasteiger partial charge in [0.05, 0.1) is 0 Å². The first-order valence-corrected chi connectivity index (χ1v) is 6.98. The number of nitrogen functional groups attached to an aromatic ring is 1. The molecule has 0 spiro atoms. The van der Waals surface area contributed by atoms with Crippen molar-refractivity contribution in [3.8, 4) is 0 Å². The van der Waals surface area contributed by atoms with Gasteiger partial charge in [0.1, 0.15) is 17.2 Å². The SMILES string of the molecule is Nc1cc(NC(=O)c2c(F)cc(Br)cc2F)ccc1Br. The highest BCUT2D eigenvalue weighted by Gasteiger charge is 2.18. The smallest absolute Gasteiger partial charge is 0.261 e. The van der Waals surface area contributed by atoms with E-state index in [0.717, 1.165) is 12.1 Å². The van der Waals surface area contributed by atoms with Gasteiger partial charge in [0, 0.05) is 20.3 Å². The van der Waals surface area contributed by atoms with E-state index >= 15 is 0 Å². The number of amides is 1. The van der Waals surface area contributed by atoms with Gasteiger partial charge in [0.25, 0.3) is 5.91 Å². The first-order valence-electron chi connectivity index (χ1n) is 5.39. The second-order valence-electron chi connectivity index (χ2n) is 3.93. The lowest BCUT2D eigenvalue weighted by atomic mass is 10.1. The van der Waals surface area contributed by atoms with E-state index in [1.165, 1.54) is 6.07 Å². The van der Waals surface area contributed by atoms with E-state index in [-0.39, 0.29) is 4.47 Å². The number of hydrogen-bond acceptors (Lipinski definition) is 2. The zero-order valence-corrected chi connectivity index (χ0v) is 13.1. The molecule has 20 heavy (non-hydrogen) atoms. The summed E-state index contributed by atoms with van der Waals surface area (Å²) in [7, 11) is 0. The number of carbonyl (C=O) groups excluding carboxylic acids is 1. The number of carbonyl (C=O) groups is 1.